The number of carbonyl (C=O) groups is 2. The summed E-state index contributed by atoms with van der Waals surface area (Å²) in [6, 6.07) is 18.3. The molecule has 28 heavy (non-hydrogen) atoms. The predicted molar refractivity (Wildman–Crippen MR) is 98.0 cm³/mol. The summed E-state index contributed by atoms with van der Waals surface area (Å²) in [5.74, 6) is -2.28. The molecule has 3 aromatic rings. The highest BCUT2D eigenvalue weighted by molar-refractivity contribution is 6.03. The van der Waals surface area contributed by atoms with Crippen LogP contribution in [-0.2, 0) is 4.79 Å². The SMILES string of the molecule is CC(=O)N1c2ccccc2-c2ccc(C(=O)C(F)(F)F)n2[C@H]1c1ccccc1. The van der Waals surface area contributed by atoms with Crippen molar-refractivity contribution in [2.24, 2.45) is 0 Å². The van der Waals surface area contributed by atoms with E-state index in [0.29, 0.717) is 22.5 Å². The highest BCUT2D eigenvalue weighted by Gasteiger charge is 2.44. The molecule has 0 bridgehead atoms. The molecule has 0 saturated carbocycles. The van der Waals surface area contributed by atoms with E-state index < -0.39 is 23.8 Å². The van der Waals surface area contributed by atoms with Crippen molar-refractivity contribution in [2.75, 3.05) is 4.90 Å². The Bertz CT molecular complexity index is 1070. The van der Waals surface area contributed by atoms with Gasteiger partial charge < -0.3 is 4.57 Å². The monoisotopic (exact) mass is 384 g/mol. The number of benzene rings is 2. The summed E-state index contributed by atoms with van der Waals surface area (Å²) in [5, 5.41) is 0. The zero-order valence-corrected chi connectivity index (χ0v) is 14.8. The smallest absolute Gasteiger partial charge is 0.312 e. The summed E-state index contributed by atoms with van der Waals surface area (Å²) in [6.07, 6.45) is -5.92. The molecule has 0 spiro atoms. The summed E-state index contributed by atoms with van der Waals surface area (Å²) in [7, 11) is 0. The molecule has 1 atom stereocenters. The minimum absolute atomic E-state index is 0.342. The summed E-state index contributed by atoms with van der Waals surface area (Å²) < 4.78 is 41.0. The number of amides is 1. The lowest BCUT2D eigenvalue weighted by Gasteiger charge is -2.39. The highest BCUT2D eigenvalue weighted by atomic mass is 19.4. The van der Waals surface area contributed by atoms with E-state index in [-0.39, 0.29) is 5.91 Å². The van der Waals surface area contributed by atoms with Crippen LogP contribution in [0.15, 0.2) is 66.7 Å². The minimum atomic E-state index is -5.02. The zero-order valence-electron chi connectivity index (χ0n) is 14.8. The van der Waals surface area contributed by atoms with Gasteiger partial charge in [0.25, 0.3) is 5.78 Å². The minimum Gasteiger partial charge on any atom is -0.312 e. The van der Waals surface area contributed by atoms with E-state index >= 15 is 0 Å². The maximum Gasteiger partial charge on any atom is 0.456 e. The number of rotatable bonds is 2. The summed E-state index contributed by atoms with van der Waals surface area (Å²) in [5.41, 5.74) is 1.72. The van der Waals surface area contributed by atoms with Crippen LogP contribution in [0.4, 0.5) is 18.9 Å². The lowest BCUT2D eigenvalue weighted by atomic mass is 10.0. The van der Waals surface area contributed by atoms with Crippen molar-refractivity contribution < 1.29 is 22.8 Å². The predicted octanol–water partition coefficient (Wildman–Crippen LogP) is 4.81. The Morgan fingerprint density at radius 3 is 2.18 bits per heavy atom. The number of anilines is 1. The van der Waals surface area contributed by atoms with Gasteiger partial charge in [0.05, 0.1) is 17.1 Å². The third-order valence-corrected chi connectivity index (χ3v) is 4.77. The van der Waals surface area contributed by atoms with Crippen molar-refractivity contribution >= 4 is 17.4 Å². The van der Waals surface area contributed by atoms with Gasteiger partial charge in [0.2, 0.25) is 5.91 Å². The van der Waals surface area contributed by atoms with Gasteiger partial charge in [0, 0.05) is 12.5 Å². The largest absolute Gasteiger partial charge is 0.456 e. The molecule has 142 valence electrons. The quantitative estimate of drug-likeness (QED) is 0.595. The van der Waals surface area contributed by atoms with Crippen LogP contribution >= 0.6 is 0 Å². The number of ketones is 1. The number of alkyl halides is 3. The van der Waals surface area contributed by atoms with Crippen LogP contribution in [0.25, 0.3) is 11.3 Å². The Balaban J connectivity index is 2.05. The first-order valence-electron chi connectivity index (χ1n) is 8.57. The van der Waals surface area contributed by atoms with Gasteiger partial charge in [-0.15, -0.1) is 0 Å². The second-order valence-corrected chi connectivity index (χ2v) is 6.49. The molecule has 2 aromatic carbocycles. The standard InChI is InChI=1S/C21H15F3N2O2/c1-13(27)25-16-10-6-5-9-15(16)17-11-12-18(19(28)21(22,23)24)26(17)20(25)14-7-3-2-4-8-14/h2-12,20H,1H3/t20-/m0/s1. The molecule has 0 radical (unpaired) electrons. The van der Waals surface area contributed by atoms with Crippen molar-refractivity contribution in [2.45, 2.75) is 19.3 Å². The number of hydrogen-bond donors (Lipinski definition) is 0. The van der Waals surface area contributed by atoms with E-state index in [2.05, 4.69) is 0 Å². The Kier molecular flexibility index (Phi) is 4.10. The molecular formula is C21H15F3N2O2. The number of carbonyl (C=O) groups excluding carboxylic acids is 2. The van der Waals surface area contributed by atoms with Crippen LogP contribution in [0.1, 0.15) is 29.1 Å². The molecule has 0 fully saturated rings. The molecule has 2 heterocycles. The van der Waals surface area contributed by atoms with E-state index in [4.69, 9.17) is 0 Å². The first-order chi connectivity index (χ1) is 13.3. The molecule has 0 unspecified atom stereocenters. The van der Waals surface area contributed by atoms with Crippen LogP contribution in [-0.4, -0.2) is 22.4 Å². The Hall–Kier alpha value is -3.35. The fourth-order valence-corrected chi connectivity index (χ4v) is 3.67. The Morgan fingerprint density at radius 1 is 0.893 bits per heavy atom. The van der Waals surface area contributed by atoms with Crippen LogP contribution in [0.2, 0.25) is 0 Å². The fraction of sp³-hybridized carbons (Fsp3) is 0.143. The van der Waals surface area contributed by atoms with Gasteiger partial charge in [-0.25, -0.2) is 0 Å². The summed E-state index contributed by atoms with van der Waals surface area (Å²) in [6.45, 7) is 1.35. The first kappa shape index (κ1) is 18.0. The third kappa shape index (κ3) is 2.70. The Labute approximate surface area is 158 Å². The van der Waals surface area contributed by atoms with E-state index in [1.54, 1.807) is 54.6 Å². The third-order valence-electron chi connectivity index (χ3n) is 4.77. The Morgan fingerprint density at radius 2 is 1.54 bits per heavy atom. The summed E-state index contributed by atoms with van der Waals surface area (Å²) >= 11 is 0. The van der Waals surface area contributed by atoms with Crippen molar-refractivity contribution in [3.63, 3.8) is 0 Å². The maximum atomic E-state index is 13.2. The van der Waals surface area contributed by atoms with Crippen molar-refractivity contribution in [3.05, 3.63) is 78.0 Å². The van der Waals surface area contributed by atoms with Gasteiger partial charge in [0.15, 0.2) is 0 Å². The first-order valence-corrected chi connectivity index (χ1v) is 8.57. The molecule has 4 nitrogen and oxygen atoms in total. The van der Waals surface area contributed by atoms with Gasteiger partial charge in [0.1, 0.15) is 6.17 Å². The average molecular weight is 384 g/mol. The number of halogens is 3. The van der Waals surface area contributed by atoms with Crippen molar-refractivity contribution in [1.82, 2.24) is 4.57 Å². The van der Waals surface area contributed by atoms with Crippen molar-refractivity contribution in [1.29, 1.82) is 0 Å². The lowest BCUT2D eigenvalue weighted by Crippen LogP contribution is -2.42. The molecule has 4 rings (SSSR count). The molecule has 1 amide bonds. The molecule has 0 N–H and O–H groups in total. The van der Waals surface area contributed by atoms with Crippen LogP contribution in [0.3, 0.4) is 0 Å². The van der Waals surface area contributed by atoms with E-state index in [1.165, 1.54) is 28.5 Å². The number of fused-ring (bicyclic) bond motifs is 3. The number of hydrogen-bond acceptors (Lipinski definition) is 2. The van der Waals surface area contributed by atoms with Crippen LogP contribution < -0.4 is 4.90 Å². The molecular weight excluding hydrogens is 369 g/mol. The zero-order chi connectivity index (χ0) is 20.1. The molecule has 1 aromatic heterocycles. The topological polar surface area (TPSA) is 42.3 Å². The molecule has 1 aliphatic heterocycles. The van der Waals surface area contributed by atoms with Crippen LogP contribution in [0, 0.1) is 0 Å². The van der Waals surface area contributed by atoms with Crippen molar-refractivity contribution in [3.8, 4) is 11.3 Å². The number of para-hydroxylation sites is 1. The number of Topliss-reactive ketones (excluding diaryl/α,β-unsaturated/α-hetero) is 1. The molecule has 0 saturated heterocycles. The molecule has 0 aliphatic carbocycles. The van der Waals surface area contributed by atoms with Gasteiger partial charge in [-0.3, -0.25) is 14.5 Å². The lowest BCUT2D eigenvalue weighted by molar-refractivity contribution is -0.117. The van der Waals surface area contributed by atoms with Gasteiger partial charge in [-0.05, 0) is 23.8 Å². The number of aromatic nitrogens is 1. The van der Waals surface area contributed by atoms with E-state index in [0.717, 1.165) is 0 Å². The average Bonchev–Trinajstić information content (AvgIpc) is 3.11. The van der Waals surface area contributed by atoms with Gasteiger partial charge in [-0.1, -0.05) is 48.5 Å². The second kappa shape index (κ2) is 6.37. The molecule has 7 heteroatoms. The van der Waals surface area contributed by atoms with E-state index in [9.17, 15) is 22.8 Å². The second-order valence-electron chi connectivity index (χ2n) is 6.49. The summed E-state index contributed by atoms with van der Waals surface area (Å²) in [4.78, 5) is 26.1. The molecule has 1 aliphatic rings. The van der Waals surface area contributed by atoms with Gasteiger partial charge >= 0.3 is 6.18 Å². The van der Waals surface area contributed by atoms with Gasteiger partial charge in [-0.2, -0.15) is 13.2 Å². The normalized spacial score (nSPS) is 15.7. The van der Waals surface area contributed by atoms with E-state index in [1.807, 2.05) is 0 Å². The van der Waals surface area contributed by atoms with Crippen LogP contribution in [0.5, 0.6) is 0 Å². The maximum absolute atomic E-state index is 13.2. The number of nitrogens with zero attached hydrogens (tertiary/aromatic N) is 2. The highest BCUT2D eigenvalue weighted by Crippen LogP contribution is 2.45. The fourth-order valence-electron chi connectivity index (χ4n) is 3.67.